The Kier molecular flexibility index (Phi) is 6.03. The third kappa shape index (κ3) is 4.44. The molecule has 0 aromatic heterocycles. The Morgan fingerprint density at radius 1 is 1.26 bits per heavy atom. The van der Waals surface area contributed by atoms with Crippen LogP contribution in [0.5, 0.6) is 0 Å². The largest absolute Gasteiger partial charge is 0.377 e. The number of likely N-dealkylation sites (N-methyl/N-ethyl adjacent to an activating group) is 1. The van der Waals surface area contributed by atoms with Gasteiger partial charge in [0.05, 0.1) is 25.2 Å². The van der Waals surface area contributed by atoms with E-state index < -0.39 is 0 Å². The average Bonchev–Trinajstić information content (AvgIpc) is 2.52. The molecular weight excluding hydrogens is 294 g/mol. The normalized spacial score (nSPS) is 28.0. The van der Waals surface area contributed by atoms with Crippen LogP contribution in [0.2, 0.25) is 0 Å². The fourth-order valence-corrected chi connectivity index (χ4v) is 3.39. The van der Waals surface area contributed by atoms with Gasteiger partial charge in [-0.25, -0.2) is 0 Å². The second-order valence-corrected chi connectivity index (χ2v) is 7.43. The molecule has 0 saturated carbocycles. The molecule has 2 aliphatic rings. The molecule has 0 N–H and O–H groups in total. The Hall–Kier alpha value is -1.14. The zero-order valence-corrected chi connectivity index (χ0v) is 15.1. The van der Waals surface area contributed by atoms with Crippen LogP contribution in [0.1, 0.15) is 26.7 Å². The molecule has 0 unspecified atom stereocenters. The molecule has 23 heavy (non-hydrogen) atoms. The van der Waals surface area contributed by atoms with Crippen LogP contribution in [-0.2, 0) is 14.3 Å². The first-order chi connectivity index (χ1) is 10.8. The van der Waals surface area contributed by atoms with Gasteiger partial charge in [-0.15, -0.1) is 0 Å². The number of nitrogens with zero attached hydrogens (tertiary/aromatic N) is 3. The molecule has 0 radical (unpaired) electrons. The number of fused-ring (bicyclic) bond motifs is 1. The molecule has 0 aromatic rings. The molecule has 2 heterocycles. The Morgan fingerprint density at radius 3 is 2.57 bits per heavy atom. The standard InChI is InChI=1S/C17H31N3O3/c1-12(2)19(5)10-16(21)20-7-6-15-13(9-20)8-14(11-23-15)17(22)18(3)4/h12-15H,6-11H2,1-5H3/t13-,14-,15+/m0/s1. The molecule has 6 nitrogen and oxygen atoms in total. The summed E-state index contributed by atoms with van der Waals surface area (Å²) in [5, 5.41) is 0. The van der Waals surface area contributed by atoms with Crippen molar-refractivity contribution in [1.82, 2.24) is 14.7 Å². The summed E-state index contributed by atoms with van der Waals surface area (Å²) in [6.07, 6.45) is 1.91. The van der Waals surface area contributed by atoms with E-state index in [4.69, 9.17) is 4.74 Å². The monoisotopic (exact) mass is 325 g/mol. The molecule has 2 fully saturated rings. The molecule has 2 amide bonds. The highest BCUT2D eigenvalue weighted by Gasteiger charge is 2.39. The topological polar surface area (TPSA) is 53.1 Å². The van der Waals surface area contributed by atoms with E-state index in [9.17, 15) is 9.59 Å². The highest BCUT2D eigenvalue weighted by Crippen LogP contribution is 2.32. The first-order valence-electron chi connectivity index (χ1n) is 8.60. The summed E-state index contributed by atoms with van der Waals surface area (Å²) in [4.78, 5) is 30.3. The van der Waals surface area contributed by atoms with Crippen LogP contribution >= 0.6 is 0 Å². The number of hydrogen-bond donors (Lipinski definition) is 0. The van der Waals surface area contributed by atoms with Crippen LogP contribution in [0.3, 0.4) is 0 Å². The molecule has 2 aliphatic heterocycles. The lowest BCUT2D eigenvalue weighted by molar-refractivity contribution is -0.151. The lowest BCUT2D eigenvalue weighted by Gasteiger charge is -2.43. The quantitative estimate of drug-likeness (QED) is 0.762. The van der Waals surface area contributed by atoms with Crippen molar-refractivity contribution in [3.63, 3.8) is 0 Å². The number of rotatable bonds is 4. The molecular formula is C17H31N3O3. The Labute approximate surface area is 139 Å². The average molecular weight is 325 g/mol. The summed E-state index contributed by atoms with van der Waals surface area (Å²) >= 11 is 0. The van der Waals surface area contributed by atoms with Crippen LogP contribution in [0.25, 0.3) is 0 Å². The number of carbonyl (C=O) groups is 2. The van der Waals surface area contributed by atoms with Crippen LogP contribution < -0.4 is 0 Å². The number of carbonyl (C=O) groups excluding carboxylic acids is 2. The second kappa shape index (κ2) is 7.62. The predicted octanol–water partition coefficient (Wildman–Crippen LogP) is 0.668. The lowest BCUT2D eigenvalue weighted by atomic mass is 9.83. The van der Waals surface area contributed by atoms with Crippen molar-refractivity contribution >= 4 is 11.8 Å². The van der Waals surface area contributed by atoms with Crippen molar-refractivity contribution < 1.29 is 14.3 Å². The van der Waals surface area contributed by atoms with Gasteiger partial charge in [-0.2, -0.15) is 0 Å². The van der Waals surface area contributed by atoms with Gasteiger partial charge in [-0.1, -0.05) is 0 Å². The van der Waals surface area contributed by atoms with E-state index in [1.807, 2.05) is 11.9 Å². The molecule has 0 aliphatic carbocycles. The van der Waals surface area contributed by atoms with E-state index in [-0.39, 0.29) is 29.8 Å². The van der Waals surface area contributed by atoms with Gasteiger partial charge in [0.15, 0.2) is 0 Å². The molecule has 0 aromatic carbocycles. The number of piperidine rings is 1. The van der Waals surface area contributed by atoms with Gasteiger partial charge in [0, 0.05) is 39.1 Å². The summed E-state index contributed by atoms with van der Waals surface area (Å²) in [5.41, 5.74) is 0. The van der Waals surface area contributed by atoms with Crippen molar-refractivity contribution in [3.8, 4) is 0 Å². The molecule has 3 atom stereocenters. The summed E-state index contributed by atoms with van der Waals surface area (Å²) < 4.78 is 5.92. The molecule has 0 bridgehead atoms. The molecule has 2 saturated heterocycles. The zero-order chi connectivity index (χ0) is 17.1. The van der Waals surface area contributed by atoms with Gasteiger partial charge in [-0.3, -0.25) is 14.5 Å². The number of likely N-dealkylation sites (tertiary alicyclic amines) is 1. The molecule has 0 spiro atoms. The fourth-order valence-electron chi connectivity index (χ4n) is 3.39. The maximum Gasteiger partial charge on any atom is 0.236 e. The summed E-state index contributed by atoms with van der Waals surface area (Å²) in [5.74, 6) is 0.520. The van der Waals surface area contributed by atoms with Crippen molar-refractivity contribution in [1.29, 1.82) is 0 Å². The van der Waals surface area contributed by atoms with Crippen molar-refractivity contribution in [2.75, 3.05) is 47.4 Å². The van der Waals surface area contributed by atoms with Crippen LogP contribution in [-0.4, -0.2) is 86.0 Å². The van der Waals surface area contributed by atoms with Crippen molar-refractivity contribution in [2.24, 2.45) is 11.8 Å². The van der Waals surface area contributed by atoms with E-state index >= 15 is 0 Å². The fraction of sp³-hybridized carbons (Fsp3) is 0.882. The molecule has 2 rings (SSSR count). The minimum absolute atomic E-state index is 0.0698. The maximum atomic E-state index is 12.5. The summed E-state index contributed by atoms with van der Waals surface area (Å²) in [7, 11) is 5.55. The van der Waals surface area contributed by atoms with Gasteiger partial charge in [0.2, 0.25) is 11.8 Å². The smallest absolute Gasteiger partial charge is 0.236 e. The third-order valence-electron chi connectivity index (χ3n) is 5.17. The highest BCUT2D eigenvalue weighted by atomic mass is 16.5. The maximum absolute atomic E-state index is 12.5. The van der Waals surface area contributed by atoms with Gasteiger partial charge in [0.25, 0.3) is 0 Å². The first-order valence-corrected chi connectivity index (χ1v) is 8.60. The van der Waals surface area contributed by atoms with Crippen LogP contribution in [0, 0.1) is 11.8 Å². The number of hydrogen-bond acceptors (Lipinski definition) is 4. The predicted molar refractivity (Wildman–Crippen MR) is 89.0 cm³/mol. The van der Waals surface area contributed by atoms with E-state index in [2.05, 4.69) is 18.7 Å². The van der Waals surface area contributed by atoms with Crippen molar-refractivity contribution in [3.05, 3.63) is 0 Å². The van der Waals surface area contributed by atoms with E-state index in [1.54, 1.807) is 19.0 Å². The van der Waals surface area contributed by atoms with Gasteiger partial charge in [-0.05, 0) is 33.7 Å². The lowest BCUT2D eigenvalue weighted by Crippen LogP contribution is -2.53. The van der Waals surface area contributed by atoms with Gasteiger partial charge in [0.1, 0.15) is 0 Å². The minimum Gasteiger partial charge on any atom is -0.377 e. The highest BCUT2D eigenvalue weighted by molar-refractivity contribution is 5.79. The minimum atomic E-state index is -0.0698. The molecule has 132 valence electrons. The van der Waals surface area contributed by atoms with Crippen molar-refractivity contribution in [2.45, 2.75) is 38.8 Å². The van der Waals surface area contributed by atoms with E-state index in [0.717, 1.165) is 19.4 Å². The van der Waals surface area contributed by atoms with Gasteiger partial charge >= 0.3 is 0 Å². The Balaban J connectivity index is 1.92. The Morgan fingerprint density at radius 2 is 1.96 bits per heavy atom. The summed E-state index contributed by atoms with van der Waals surface area (Å²) in [6.45, 7) is 6.63. The van der Waals surface area contributed by atoms with Crippen LogP contribution in [0.4, 0.5) is 0 Å². The SMILES string of the molecule is CC(C)N(C)CC(=O)N1CC[C@H]2OC[C@@H](C(=O)N(C)C)C[C@H]2C1. The molecule has 6 heteroatoms. The second-order valence-electron chi connectivity index (χ2n) is 7.43. The van der Waals surface area contributed by atoms with E-state index in [0.29, 0.717) is 25.7 Å². The van der Waals surface area contributed by atoms with Crippen LogP contribution in [0.15, 0.2) is 0 Å². The zero-order valence-electron chi connectivity index (χ0n) is 15.1. The summed E-state index contributed by atoms with van der Waals surface area (Å²) in [6, 6.07) is 0.358. The Bertz CT molecular complexity index is 439. The van der Waals surface area contributed by atoms with E-state index in [1.165, 1.54) is 0 Å². The first kappa shape index (κ1) is 18.2. The third-order valence-corrected chi connectivity index (χ3v) is 5.17. The number of ether oxygens (including phenoxy) is 1. The van der Waals surface area contributed by atoms with Gasteiger partial charge < -0.3 is 14.5 Å². The number of amides is 2.